The molecule has 1 nitrogen and oxygen atoms in total. The molecule has 1 aromatic heterocycles. The van der Waals surface area contributed by atoms with Gasteiger partial charge >= 0.3 is 0 Å². The van der Waals surface area contributed by atoms with Crippen molar-refractivity contribution >= 4 is 6.08 Å². The smallest absolute Gasteiger partial charge is 0.0629 e. The minimum absolute atomic E-state index is 1.06. The minimum Gasteiger partial charge on any atom is -0.254 e. The SMILES string of the molecule is CCCC=Cc1cccc(C)n1. The van der Waals surface area contributed by atoms with Gasteiger partial charge in [-0.05, 0) is 31.6 Å². The topological polar surface area (TPSA) is 12.9 Å². The molecule has 0 spiro atoms. The van der Waals surface area contributed by atoms with Gasteiger partial charge in [-0.3, -0.25) is 4.98 Å². The average molecular weight is 161 g/mol. The predicted molar refractivity (Wildman–Crippen MR) is 52.9 cm³/mol. The molecular formula is C11H15N. The molecule has 0 aliphatic carbocycles. The second-order valence-corrected chi connectivity index (χ2v) is 2.89. The fraction of sp³-hybridized carbons (Fsp3) is 0.364. The summed E-state index contributed by atoms with van der Waals surface area (Å²) in [5, 5.41) is 0. The third-order valence-corrected chi connectivity index (χ3v) is 1.65. The Balaban J connectivity index is 2.63. The molecule has 0 aliphatic rings. The molecule has 1 heterocycles. The Kier molecular flexibility index (Phi) is 3.52. The van der Waals surface area contributed by atoms with Crippen molar-refractivity contribution in [1.29, 1.82) is 0 Å². The number of pyridine rings is 1. The van der Waals surface area contributed by atoms with Gasteiger partial charge in [-0.25, -0.2) is 0 Å². The molecule has 1 rings (SSSR count). The van der Waals surface area contributed by atoms with E-state index in [1.54, 1.807) is 0 Å². The van der Waals surface area contributed by atoms with Gasteiger partial charge in [-0.2, -0.15) is 0 Å². The van der Waals surface area contributed by atoms with E-state index in [0.717, 1.165) is 17.8 Å². The number of unbranched alkanes of at least 4 members (excludes halogenated alkanes) is 1. The highest BCUT2D eigenvalue weighted by Crippen LogP contribution is 2.01. The Labute approximate surface area is 74.2 Å². The highest BCUT2D eigenvalue weighted by atomic mass is 14.7. The molecule has 0 saturated carbocycles. The fourth-order valence-corrected chi connectivity index (χ4v) is 1.03. The van der Waals surface area contributed by atoms with Crippen molar-refractivity contribution in [3.8, 4) is 0 Å². The molecule has 0 atom stereocenters. The van der Waals surface area contributed by atoms with E-state index in [4.69, 9.17) is 0 Å². The lowest BCUT2D eigenvalue weighted by Crippen LogP contribution is -1.82. The summed E-state index contributed by atoms with van der Waals surface area (Å²) < 4.78 is 0. The summed E-state index contributed by atoms with van der Waals surface area (Å²) >= 11 is 0. The molecule has 0 aromatic carbocycles. The van der Waals surface area contributed by atoms with Crippen LogP contribution in [0.5, 0.6) is 0 Å². The Hall–Kier alpha value is -1.11. The van der Waals surface area contributed by atoms with Crippen LogP contribution < -0.4 is 0 Å². The van der Waals surface area contributed by atoms with Crippen molar-refractivity contribution in [1.82, 2.24) is 4.98 Å². The first-order valence-electron chi connectivity index (χ1n) is 4.43. The summed E-state index contributed by atoms with van der Waals surface area (Å²) in [5.74, 6) is 0. The maximum atomic E-state index is 4.36. The summed E-state index contributed by atoms with van der Waals surface area (Å²) in [4.78, 5) is 4.36. The zero-order chi connectivity index (χ0) is 8.81. The van der Waals surface area contributed by atoms with Crippen LogP contribution in [0, 0.1) is 6.92 Å². The molecule has 0 amide bonds. The summed E-state index contributed by atoms with van der Waals surface area (Å²) in [6.45, 7) is 4.19. The second-order valence-electron chi connectivity index (χ2n) is 2.89. The van der Waals surface area contributed by atoms with Crippen LogP contribution in [0.2, 0.25) is 0 Å². The van der Waals surface area contributed by atoms with Gasteiger partial charge in [0.2, 0.25) is 0 Å². The van der Waals surface area contributed by atoms with Crippen LogP contribution in [-0.4, -0.2) is 4.98 Å². The maximum absolute atomic E-state index is 4.36. The lowest BCUT2D eigenvalue weighted by Gasteiger charge is -1.93. The van der Waals surface area contributed by atoms with E-state index in [1.165, 1.54) is 6.42 Å². The highest BCUT2D eigenvalue weighted by molar-refractivity contribution is 5.44. The van der Waals surface area contributed by atoms with Gasteiger partial charge in [0.05, 0.1) is 5.69 Å². The van der Waals surface area contributed by atoms with Crippen molar-refractivity contribution < 1.29 is 0 Å². The average Bonchev–Trinajstić information content (AvgIpc) is 2.05. The molecular weight excluding hydrogens is 146 g/mol. The van der Waals surface area contributed by atoms with Crippen molar-refractivity contribution in [2.75, 3.05) is 0 Å². The number of nitrogens with zero attached hydrogens (tertiary/aromatic N) is 1. The van der Waals surface area contributed by atoms with Gasteiger partial charge in [0.1, 0.15) is 0 Å². The third kappa shape index (κ3) is 2.87. The molecule has 1 aromatic rings. The largest absolute Gasteiger partial charge is 0.254 e. The number of hydrogen-bond donors (Lipinski definition) is 0. The van der Waals surface area contributed by atoms with E-state index < -0.39 is 0 Å². The van der Waals surface area contributed by atoms with Gasteiger partial charge in [0.25, 0.3) is 0 Å². The fourth-order valence-electron chi connectivity index (χ4n) is 1.03. The van der Waals surface area contributed by atoms with Gasteiger partial charge in [-0.15, -0.1) is 0 Å². The van der Waals surface area contributed by atoms with Crippen LogP contribution in [0.1, 0.15) is 31.2 Å². The Bertz CT molecular complexity index is 263. The van der Waals surface area contributed by atoms with E-state index in [2.05, 4.69) is 24.1 Å². The van der Waals surface area contributed by atoms with Crippen LogP contribution in [-0.2, 0) is 0 Å². The van der Waals surface area contributed by atoms with Crippen LogP contribution >= 0.6 is 0 Å². The van der Waals surface area contributed by atoms with Crippen molar-refractivity contribution in [2.45, 2.75) is 26.7 Å². The normalized spacial score (nSPS) is 10.8. The van der Waals surface area contributed by atoms with Crippen LogP contribution in [0.25, 0.3) is 6.08 Å². The van der Waals surface area contributed by atoms with Gasteiger partial charge in [0, 0.05) is 5.69 Å². The van der Waals surface area contributed by atoms with Crippen LogP contribution in [0.3, 0.4) is 0 Å². The monoisotopic (exact) mass is 161 g/mol. The standard InChI is InChI=1S/C11H15N/c1-3-4-5-8-11-9-6-7-10(2)12-11/h5-9H,3-4H2,1-2H3. The van der Waals surface area contributed by atoms with Crippen LogP contribution in [0.15, 0.2) is 24.3 Å². The summed E-state index contributed by atoms with van der Waals surface area (Å²) in [6.07, 6.45) is 6.58. The first-order chi connectivity index (χ1) is 5.83. The molecule has 0 radical (unpaired) electrons. The van der Waals surface area contributed by atoms with Crippen molar-refractivity contribution in [3.05, 3.63) is 35.7 Å². The number of rotatable bonds is 3. The van der Waals surface area contributed by atoms with Crippen molar-refractivity contribution in [3.63, 3.8) is 0 Å². The molecule has 0 saturated heterocycles. The van der Waals surface area contributed by atoms with E-state index in [0.29, 0.717) is 0 Å². The highest BCUT2D eigenvalue weighted by Gasteiger charge is 1.87. The molecule has 0 aliphatic heterocycles. The Morgan fingerprint density at radius 1 is 1.42 bits per heavy atom. The zero-order valence-electron chi connectivity index (χ0n) is 7.75. The third-order valence-electron chi connectivity index (χ3n) is 1.65. The van der Waals surface area contributed by atoms with Gasteiger partial charge in [-0.1, -0.05) is 25.5 Å². The van der Waals surface area contributed by atoms with E-state index in [9.17, 15) is 0 Å². The van der Waals surface area contributed by atoms with E-state index in [1.807, 2.05) is 25.1 Å². The van der Waals surface area contributed by atoms with Gasteiger partial charge < -0.3 is 0 Å². The van der Waals surface area contributed by atoms with Gasteiger partial charge in [0.15, 0.2) is 0 Å². The number of allylic oxidation sites excluding steroid dienone is 1. The lowest BCUT2D eigenvalue weighted by molar-refractivity contribution is 0.961. The lowest BCUT2D eigenvalue weighted by atomic mass is 10.2. The number of hydrogen-bond acceptors (Lipinski definition) is 1. The first-order valence-corrected chi connectivity index (χ1v) is 4.43. The molecule has 0 N–H and O–H groups in total. The molecule has 0 unspecified atom stereocenters. The summed E-state index contributed by atoms with van der Waals surface area (Å²) in [6, 6.07) is 6.07. The number of aromatic nitrogens is 1. The molecule has 0 fully saturated rings. The maximum Gasteiger partial charge on any atom is 0.0629 e. The first kappa shape index (κ1) is 8.98. The molecule has 12 heavy (non-hydrogen) atoms. The molecule has 0 bridgehead atoms. The van der Waals surface area contributed by atoms with Crippen LogP contribution in [0.4, 0.5) is 0 Å². The minimum atomic E-state index is 1.06. The summed E-state index contributed by atoms with van der Waals surface area (Å²) in [7, 11) is 0. The van der Waals surface area contributed by atoms with Crippen molar-refractivity contribution in [2.24, 2.45) is 0 Å². The molecule has 64 valence electrons. The van der Waals surface area contributed by atoms with E-state index >= 15 is 0 Å². The molecule has 1 heteroatoms. The second kappa shape index (κ2) is 4.70. The zero-order valence-corrected chi connectivity index (χ0v) is 7.75. The predicted octanol–water partition coefficient (Wildman–Crippen LogP) is 3.20. The quantitative estimate of drug-likeness (QED) is 0.663. The Morgan fingerprint density at radius 3 is 2.92 bits per heavy atom. The number of aryl methyl sites for hydroxylation is 1. The van der Waals surface area contributed by atoms with E-state index in [-0.39, 0.29) is 0 Å². The Morgan fingerprint density at radius 2 is 2.25 bits per heavy atom. The summed E-state index contributed by atoms with van der Waals surface area (Å²) in [5.41, 5.74) is 2.14.